The Morgan fingerprint density at radius 2 is 1.74 bits per heavy atom. The van der Waals surface area contributed by atoms with E-state index in [1.54, 1.807) is 0 Å². The van der Waals surface area contributed by atoms with Crippen LogP contribution < -0.4 is 5.32 Å². The summed E-state index contributed by atoms with van der Waals surface area (Å²) in [7, 11) is 0. The number of hydrogen-bond acceptors (Lipinski definition) is 4. The Balaban J connectivity index is 1.38. The molecule has 0 radical (unpaired) electrons. The summed E-state index contributed by atoms with van der Waals surface area (Å²) in [4.78, 5) is 25.7. The predicted octanol–water partition coefficient (Wildman–Crippen LogP) is 3.20. The van der Waals surface area contributed by atoms with E-state index in [9.17, 15) is 9.59 Å². The van der Waals surface area contributed by atoms with Crippen LogP contribution in [0.4, 0.5) is 9.59 Å². The second-order valence-electron chi connectivity index (χ2n) is 7.03. The van der Waals surface area contributed by atoms with E-state index in [-0.39, 0.29) is 30.9 Å². The summed E-state index contributed by atoms with van der Waals surface area (Å²) in [5.41, 5.74) is 0. The van der Waals surface area contributed by atoms with Gasteiger partial charge in [0.2, 0.25) is 0 Å². The van der Waals surface area contributed by atoms with Crippen LogP contribution in [0.3, 0.4) is 0 Å². The highest BCUT2D eigenvalue weighted by Gasteiger charge is 2.37. The van der Waals surface area contributed by atoms with Gasteiger partial charge in [0.15, 0.2) is 6.10 Å². The number of cyclic esters (lactones) is 1. The quantitative estimate of drug-likeness (QED) is 0.862. The molecular weight excluding hydrogens is 296 g/mol. The van der Waals surface area contributed by atoms with E-state index in [4.69, 9.17) is 9.47 Å². The molecule has 23 heavy (non-hydrogen) atoms. The maximum Gasteiger partial charge on any atom is 0.410 e. The Morgan fingerprint density at radius 1 is 1.09 bits per heavy atom. The van der Waals surface area contributed by atoms with Gasteiger partial charge < -0.3 is 19.7 Å². The van der Waals surface area contributed by atoms with Crippen molar-refractivity contribution in [3.63, 3.8) is 0 Å². The summed E-state index contributed by atoms with van der Waals surface area (Å²) in [6, 6.07) is 0.540. The molecule has 0 aromatic rings. The second kappa shape index (κ2) is 7.88. The van der Waals surface area contributed by atoms with E-state index in [2.05, 4.69) is 5.32 Å². The molecule has 1 N–H and O–H groups in total. The molecule has 130 valence electrons. The van der Waals surface area contributed by atoms with Gasteiger partial charge in [-0.05, 0) is 25.7 Å². The highest BCUT2D eigenvalue weighted by molar-refractivity contribution is 5.71. The molecule has 2 saturated carbocycles. The number of nitrogens with zero attached hydrogens (tertiary/aromatic N) is 1. The van der Waals surface area contributed by atoms with Crippen molar-refractivity contribution in [3.05, 3.63) is 0 Å². The van der Waals surface area contributed by atoms with Crippen LogP contribution in [0.1, 0.15) is 64.2 Å². The Bertz CT molecular complexity index is 417. The van der Waals surface area contributed by atoms with E-state index in [0.717, 1.165) is 25.7 Å². The van der Waals surface area contributed by atoms with Gasteiger partial charge in [0, 0.05) is 12.1 Å². The van der Waals surface area contributed by atoms with Crippen LogP contribution in [0.2, 0.25) is 0 Å². The molecule has 0 aromatic carbocycles. The minimum atomic E-state index is -0.385. The number of hydrogen-bond donors (Lipinski definition) is 1. The predicted molar refractivity (Wildman–Crippen MR) is 85.2 cm³/mol. The van der Waals surface area contributed by atoms with E-state index in [1.165, 1.54) is 38.5 Å². The number of carbonyl (C=O) groups is 2. The molecule has 3 fully saturated rings. The zero-order valence-electron chi connectivity index (χ0n) is 13.8. The van der Waals surface area contributed by atoms with Crippen molar-refractivity contribution in [1.82, 2.24) is 10.2 Å². The third kappa shape index (κ3) is 4.52. The normalized spacial score (nSPS) is 26.9. The van der Waals surface area contributed by atoms with Gasteiger partial charge in [-0.2, -0.15) is 0 Å². The van der Waals surface area contributed by atoms with Crippen molar-refractivity contribution in [1.29, 1.82) is 0 Å². The molecule has 0 spiro atoms. The Morgan fingerprint density at radius 3 is 2.43 bits per heavy atom. The lowest BCUT2D eigenvalue weighted by Gasteiger charge is -2.28. The summed E-state index contributed by atoms with van der Waals surface area (Å²) in [5, 5.41) is 2.91. The van der Waals surface area contributed by atoms with Crippen molar-refractivity contribution >= 4 is 12.2 Å². The maximum atomic E-state index is 12.0. The smallest absolute Gasteiger partial charge is 0.410 e. The zero-order valence-corrected chi connectivity index (χ0v) is 13.8. The van der Waals surface area contributed by atoms with Crippen molar-refractivity contribution < 1.29 is 19.1 Å². The first-order valence-electron chi connectivity index (χ1n) is 9.13. The summed E-state index contributed by atoms with van der Waals surface area (Å²) in [6.07, 6.45) is 10.4. The average Bonchev–Trinajstić information content (AvgIpc) is 2.96. The topological polar surface area (TPSA) is 67.9 Å². The monoisotopic (exact) mass is 324 g/mol. The number of alkyl carbamates (subject to hydrolysis) is 1. The molecule has 0 unspecified atom stereocenters. The largest absolute Gasteiger partial charge is 0.446 e. The molecule has 1 atom stereocenters. The molecule has 1 heterocycles. The third-order valence-corrected chi connectivity index (χ3v) is 5.25. The van der Waals surface area contributed by atoms with Crippen molar-refractivity contribution in [2.75, 3.05) is 13.2 Å². The molecule has 2 amide bonds. The van der Waals surface area contributed by atoms with Gasteiger partial charge in [0.05, 0.1) is 6.54 Å². The molecule has 1 aliphatic heterocycles. The number of amides is 2. The fourth-order valence-electron chi connectivity index (χ4n) is 3.94. The lowest BCUT2D eigenvalue weighted by atomic mass is 9.94. The SMILES string of the molecule is O=C(NC1CCCCC1)OC[C@@H]1CN(C2CCCCC2)C(=O)O1. The lowest BCUT2D eigenvalue weighted by Crippen LogP contribution is -2.39. The fraction of sp³-hybridized carbons (Fsp3) is 0.882. The van der Waals surface area contributed by atoms with Gasteiger partial charge >= 0.3 is 12.2 Å². The van der Waals surface area contributed by atoms with Crippen LogP contribution in [0, 0.1) is 0 Å². The van der Waals surface area contributed by atoms with Crippen LogP contribution in [0.15, 0.2) is 0 Å². The van der Waals surface area contributed by atoms with Gasteiger partial charge in [0.1, 0.15) is 6.61 Å². The van der Waals surface area contributed by atoms with E-state index in [0.29, 0.717) is 12.6 Å². The molecule has 3 rings (SSSR count). The molecular formula is C17H28N2O4. The molecule has 1 saturated heterocycles. The highest BCUT2D eigenvalue weighted by atomic mass is 16.6. The summed E-state index contributed by atoms with van der Waals surface area (Å²) in [5.74, 6) is 0. The van der Waals surface area contributed by atoms with Gasteiger partial charge in [-0.3, -0.25) is 0 Å². The molecule has 0 bridgehead atoms. The maximum absolute atomic E-state index is 12.0. The third-order valence-electron chi connectivity index (χ3n) is 5.25. The minimum absolute atomic E-state index is 0.146. The van der Waals surface area contributed by atoms with Crippen LogP contribution in [0.25, 0.3) is 0 Å². The van der Waals surface area contributed by atoms with Crippen molar-refractivity contribution in [3.8, 4) is 0 Å². The molecule has 2 aliphatic carbocycles. The fourth-order valence-corrected chi connectivity index (χ4v) is 3.94. The molecule has 6 heteroatoms. The van der Waals surface area contributed by atoms with E-state index < -0.39 is 0 Å². The number of carbonyl (C=O) groups excluding carboxylic acids is 2. The van der Waals surface area contributed by atoms with Gasteiger partial charge in [-0.1, -0.05) is 38.5 Å². The lowest BCUT2D eigenvalue weighted by molar-refractivity contribution is 0.0709. The second-order valence-corrected chi connectivity index (χ2v) is 7.03. The molecule has 6 nitrogen and oxygen atoms in total. The standard InChI is InChI=1S/C17H28N2O4/c20-16(18-13-7-3-1-4-8-13)22-12-15-11-19(17(21)23-15)14-9-5-2-6-10-14/h13-15H,1-12H2,(H,18,20)/t15-/m0/s1. The van der Waals surface area contributed by atoms with Crippen molar-refractivity contribution in [2.45, 2.75) is 82.4 Å². The minimum Gasteiger partial charge on any atom is -0.446 e. The Labute approximate surface area is 137 Å². The average molecular weight is 324 g/mol. The van der Waals surface area contributed by atoms with E-state index in [1.807, 2.05) is 4.90 Å². The first-order valence-corrected chi connectivity index (χ1v) is 9.13. The number of nitrogens with one attached hydrogen (secondary N) is 1. The van der Waals surface area contributed by atoms with Crippen molar-refractivity contribution in [2.24, 2.45) is 0 Å². The number of rotatable bonds is 4. The Kier molecular flexibility index (Phi) is 5.62. The van der Waals surface area contributed by atoms with Crippen LogP contribution in [-0.2, 0) is 9.47 Å². The Hall–Kier alpha value is -1.46. The van der Waals surface area contributed by atoms with Gasteiger partial charge in [0.25, 0.3) is 0 Å². The van der Waals surface area contributed by atoms with Crippen LogP contribution in [-0.4, -0.2) is 48.4 Å². The van der Waals surface area contributed by atoms with E-state index >= 15 is 0 Å². The number of ether oxygens (including phenoxy) is 2. The zero-order chi connectivity index (χ0) is 16.1. The highest BCUT2D eigenvalue weighted by Crippen LogP contribution is 2.26. The van der Waals surface area contributed by atoms with Gasteiger partial charge in [-0.15, -0.1) is 0 Å². The van der Waals surface area contributed by atoms with Crippen LogP contribution >= 0.6 is 0 Å². The first kappa shape index (κ1) is 16.4. The summed E-state index contributed by atoms with van der Waals surface area (Å²) < 4.78 is 10.6. The molecule has 3 aliphatic rings. The van der Waals surface area contributed by atoms with Gasteiger partial charge in [-0.25, -0.2) is 9.59 Å². The first-order chi connectivity index (χ1) is 11.2. The summed E-state index contributed by atoms with van der Waals surface area (Å²) >= 11 is 0. The summed E-state index contributed by atoms with van der Waals surface area (Å²) in [6.45, 7) is 0.688. The molecule has 0 aromatic heterocycles. The van der Waals surface area contributed by atoms with Crippen LogP contribution in [0.5, 0.6) is 0 Å².